The molecule has 0 saturated carbocycles. The predicted molar refractivity (Wildman–Crippen MR) is 41.4 cm³/mol. The van der Waals surface area contributed by atoms with E-state index in [2.05, 4.69) is 9.47 Å². The van der Waals surface area contributed by atoms with Crippen molar-refractivity contribution in [1.82, 2.24) is 0 Å². The van der Waals surface area contributed by atoms with Gasteiger partial charge in [-0.05, 0) is 0 Å². The summed E-state index contributed by atoms with van der Waals surface area (Å²) >= 11 is 0. The lowest BCUT2D eigenvalue weighted by Crippen LogP contribution is -2.56. The Balaban J connectivity index is 2.68. The first-order chi connectivity index (χ1) is 8.10. The van der Waals surface area contributed by atoms with Crippen molar-refractivity contribution in [2.75, 3.05) is 13.2 Å². The van der Waals surface area contributed by atoms with Crippen molar-refractivity contribution in [3.8, 4) is 0 Å². The van der Waals surface area contributed by atoms with E-state index in [-0.39, 0.29) is 6.61 Å². The highest BCUT2D eigenvalue weighted by molar-refractivity contribution is 4.94. The van der Waals surface area contributed by atoms with Gasteiger partial charge in [-0.25, -0.2) is 17.6 Å². The van der Waals surface area contributed by atoms with Gasteiger partial charge in [-0.2, -0.15) is 17.6 Å². The van der Waals surface area contributed by atoms with Crippen molar-refractivity contribution in [2.45, 2.75) is 36.9 Å². The van der Waals surface area contributed by atoms with Gasteiger partial charge in [0, 0.05) is 0 Å². The van der Waals surface area contributed by atoms with Gasteiger partial charge in [0.2, 0.25) is 6.17 Å². The van der Waals surface area contributed by atoms with Crippen LogP contribution in [0.3, 0.4) is 0 Å². The fourth-order valence-corrected chi connectivity index (χ4v) is 0.954. The fourth-order valence-electron chi connectivity index (χ4n) is 0.954. The Morgan fingerprint density at radius 1 is 1.06 bits per heavy atom. The van der Waals surface area contributed by atoms with Crippen LogP contribution in [-0.4, -0.2) is 50.1 Å². The van der Waals surface area contributed by atoms with Crippen molar-refractivity contribution in [3.05, 3.63) is 0 Å². The second kappa shape index (κ2) is 5.16. The molecule has 1 rings (SSSR count). The Bertz CT molecular complexity index is 280. The average molecular weight is 288 g/mol. The van der Waals surface area contributed by atoms with Crippen LogP contribution in [0.25, 0.3) is 0 Å². The third kappa shape index (κ3) is 3.02. The Morgan fingerprint density at radius 2 is 1.56 bits per heavy atom. The maximum absolute atomic E-state index is 12.8. The van der Waals surface area contributed by atoms with Gasteiger partial charge in [0.1, 0.15) is 6.10 Å². The molecule has 1 aliphatic rings. The van der Waals surface area contributed by atoms with Crippen molar-refractivity contribution in [3.63, 3.8) is 0 Å². The smallest absolute Gasteiger partial charge is 0.367 e. The molecule has 108 valence electrons. The summed E-state index contributed by atoms with van der Waals surface area (Å²) in [5, 5.41) is 0. The van der Waals surface area contributed by atoms with E-state index in [9.17, 15) is 35.1 Å². The molecule has 1 heterocycles. The summed E-state index contributed by atoms with van der Waals surface area (Å²) in [5.41, 5.74) is 0. The Labute approximate surface area is 95.8 Å². The largest absolute Gasteiger partial charge is 0.371 e. The number of hydrogen-bond donors (Lipinski definition) is 0. The van der Waals surface area contributed by atoms with Gasteiger partial charge in [-0.15, -0.1) is 0 Å². The second-order valence-electron chi connectivity index (χ2n) is 3.59. The zero-order valence-electron chi connectivity index (χ0n) is 8.56. The quantitative estimate of drug-likeness (QED) is 0.530. The molecule has 0 aromatic rings. The van der Waals surface area contributed by atoms with Crippen LogP contribution in [-0.2, 0) is 9.47 Å². The summed E-state index contributed by atoms with van der Waals surface area (Å²) in [5.74, 6) is -11.6. The number of ether oxygens (including phenoxy) is 2. The van der Waals surface area contributed by atoms with E-state index in [4.69, 9.17) is 0 Å². The lowest BCUT2D eigenvalue weighted by atomic mass is 10.1. The van der Waals surface area contributed by atoms with Crippen LogP contribution in [0.15, 0.2) is 0 Å². The SMILES string of the molecule is FC(F)C(F)C(F)(F)C(F)(F)C(F)OCC1CO1. The summed E-state index contributed by atoms with van der Waals surface area (Å²) < 4.78 is 108. The van der Waals surface area contributed by atoms with Gasteiger partial charge in [0.15, 0.2) is 0 Å². The number of epoxide rings is 1. The van der Waals surface area contributed by atoms with Crippen molar-refractivity contribution in [1.29, 1.82) is 0 Å². The molecule has 2 nitrogen and oxygen atoms in total. The van der Waals surface area contributed by atoms with Crippen LogP contribution in [0, 0.1) is 0 Å². The van der Waals surface area contributed by atoms with Crippen molar-refractivity contribution >= 4 is 0 Å². The molecule has 0 aromatic heterocycles. The first-order valence-electron chi connectivity index (χ1n) is 4.65. The predicted octanol–water partition coefficient (Wildman–Crippen LogP) is 2.57. The van der Waals surface area contributed by atoms with Gasteiger partial charge < -0.3 is 9.47 Å². The maximum Gasteiger partial charge on any atom is 0.367 e. The molecule has 0 bridgehead atoms. The summed E-state index contributed by atoms with van der Waals surface area (Å²) in [6.07, 6.45) is -13.5. The molecule has 0 aliphatic carbocycles. The summed E-state index contributed by atoms with van der Waals surface area (Å²) in [4.78, 5) is 0. The van der Waals surface area contributed by atoms with E-state index < -0.39 is 43.5 Å². The van der Waals surface area contributed by atoms with E-state index in [1.54, 1.807) is 0 Å². The van der Waals surface area contributed by atoms with Crippen molar-refractivity contribution in [2.24, 2.45) is 0 Å². The lowest BCUT2D eigenvalue weighted by Gasteiger charge is -2.30. The molecule has 1 fully saturated rings. The van der Waals surface area contributed by atoms with E-state index in [0.717, 1.165) is 0 Å². The molecule has 1 saturated heterocycles. The van der Waals surface area contributed by atoms with Crippen LogP contribution >= 0.6 is 0 Å². The number of rotatable bonds is 7. The third-order valence-electron chi connectivity index (χ3n) is 2.13. The first kappa shape index (κ1) is 15.4. The van der Waals surface area contributed by atoms with Crippen LogP contribution in [0.4, 0.5) is 35.1 Å². The molecule has 18 heavy (non-hydrogen) atoms. The molecular weight excluding hydrogens is 280 g/mol. The van der Waals surface area contributed by atoms with E-state index in [0.29, 0.717) is 0 Å². The molecule has 3 unspecified atom stereocenters. The Morgan fingerprint density at radius 3 is 1.94 bits per heavy atom. The minimum atomic E-state index is -5.88. The van der Waals surface area contributed by atoms with Gasteiger partial charge in [0.25, 0.3) is 12.8 Å². The molecular formula is C8H8F8O2. The Hall–Kier alpha value is -0.640. The Kier molecular flexibility index (Phi) is 4.42. The van der Waals surface area contributed by atoms with E-state index >= 15 is 0 Å². The molecule has 0 radical (unpaired) electrons. The minimum absolute atomic E-state index is 0.0808. The highest BCUT2D eigenvalue weighted by Gasteiger charge is 2.69. The average Bonchev–Trinajstić information content (AvgIpc) is 3.07. The third-order valence-corrected chi connectivity index (χ3v) is 2.13. The zero-order valence-corrected chi connectivity index (χ0v) is 8.56. The van der Waals surface area contributed by atoms with Crippen LogP contribution in [0.5, 0.6) is 0 Å². The van der Waals surface area contributed by atoms with Gasteiger partial charge in [0.05, 0.1) is 13.2 Å². The molecule has 0 amide bonds. The van der Waals surface area contributed by atoms with Crippen LogP contribution in [0.2, 0.25) is 0 Å². The standard InChI is InChI=1S/C8H8F8O2/c9-4(5(10)11)7(13,14)8(15,16)6(12)18-2-3-1-17-3/h3-6H,1-2H2. The summed E-state index contributed by atoms with van der Waals surface area (Å²) in [7, 11) is 0. The van der Waals surface area contributed by atoms with Gasteiger partial charge in [-0.1, -0.05) is 0 Å². The highest BCUT2D eigenvalue weighted by Crippen LogP contribution is 2.44. The summed E-state index contributed by atoms with van der Waals surface area (Å²) in [6.45, 7) is -0.671. The summed E-state index contributed by atoms with van der Waals surface area (Å²) in [6, 6.07) is 0. The highest BCUT2D eigenvalue weighted by atomic mass is 19.3. The molecule has 0 spiro atoms. The molecule has 0 aromatic carbocycles. The monoisotopic (exact) mass is 288 g/mol. The topological polar surface area (TPSA) is 21.8 Å². The normalized spacial score (nSPS) is 24.2. The molecule has 10 heteroatoms. The van der Waals surface area contributed by atoms with E-state index in [1.807, 2.05) is 0 Å². The number of hydrogen-bond acceptors (Lipinski definition) is 2. The van der Waals surface area contributed by atoms with Gasteiger partial charge in [-0.3, -0.25) is 0 Å². The number of halogens is 8. The molecule has 1 aliphatic heterocycles. The van der Waals surface area contributed by atoms with Crippen LogP contribution in [0.1, 0.15) is 0 Å². The zero-order chi connectivity index (χ0) is 14.1. The van der Waals surface area contributed by atoms with Crippen molar-refractivity contribution < 1.29 is 44.6 Å². The van der Waals surface area contributed by atoms with Gasteiger partial charge >= 0.3 is 11.8 Å². The first-order valence-corrected chi connectivity index (χ1v) is 4.65. The lowest BCUT2D eigenvalue weighted by molar-refractivity contribution is -0.319. The minimum Gasteiger partial charge on any atom is -0.371 e. The van der Waals surface area contributed by atoms with E-state index in [1.165, 1.54) is 0 Å². The number of alkyl halides is 8. The molecule has 0 N–H and O–H groups in total. The maximum atomic E-state index is 12.8. The second-order valence-corrected chi connectivity index (χ2v) is 3.59. The van der Waals surface area contributed by atoms with Crippen LogP contribution < -0.4 is 0 Å². The fraction of sp³-hybridized carbons (Fsp3) is 1.00. The molecule has 3 atom stereocenters.